The summed E-state index contributed by atoms with van der Waals surface area (Å²) in [5, 5.41) is 20.9. The molecular formula is C49H63IN8O6S3. The van der Waals surface area contributed by atoms with Gasteiger partial charge < -0.3 is 60.8 Å². The van der Waals surface area contributed by atoms with Crippen LogP contribution in [0, 0.1) is 0 Å². The van der Waals surface area contributed by atoms with Gasteiger partial charge in [-0.25, -0.2) is 9.59 Å². The lowest BCUT2D eigenvalue weighted by atomic mass is 10.0. The smallest absolute Gasteiger partial charge is 0.315 e. The van der Waals surface area contributed by atoms with E-state index in [9.17, 15) is 28.8 Å². The monoisotopic (exact) mass is 1080 g/mol. The van der Waals surface area contributed by atoms with Crippen molar-refractivity contribution in [3.05, 3.63) is 71.4 Å². The Hall–Kier alpha value is -4.01. The van der Waals surface area contributed by atoms with Gasteiger partial charge in [0.15, 0.2) is 12.7 Å². The number of benzene rings is 2. The highest BCUT2D eigenvalue weighted by Gasteiger charge is 2.43. The lowest BCUT2D eigenvalue weighted by Crippen LogP contribution is -3.00. The maximum Gasteiger partial charge on any atom is 0.315 e. The van der Waals surface area contributed by atoms with Crippen LogP contribution in [0.2, 0.25) is 0 Å². The Kier molecular flexibility index (Phi) is 19.0. The average molecular weight is 1080 g/mol. The number of hydrogen-bond donors (Lipinski definition) is 6. The van der Waals surface area contributed by atoms with Crippen LogP contribution < -0.4 is 65.3 Å². The summed E-state index contributed by atoms with van der Waals surface area (Å²) >= 11 is 5.49. The number of carbonyl (C=O) groups excluding carboxylic acids is 6. The Morgan fingerprint density at radius 2 is 1.25 bits per heavy atom. The largest absolute Gasteiger partial charge is 1.00 e. The molecule has 4 fully saturated rings. The number of hydrogen-bond acceptors (Lipinski definition) is 10. The van der Waals surface area contributed by atoms with Gasteiger partial charge in [-0.3, -0.25) is 19.2 Å². The average Bonchev–Trinajstić information content (AvgIpc) is 4.14. The first kappa shape index (κ1) is 50.9. The van der Waals surface area contributed by atoms with E-state index in [-0.39, 0.29) is 83.6 Å². The summed E-state index contributed by atoms with van der Waals surface area (Å²) in [5.74, 6) is 2.26. The molecule has 6 amide bonds. The molecule has 0 saturated carbocycles. The minimum absolute atomic E-state index is 0. The van der Waals surface area contributed by atoms with Crippen molar-refractivity contribution < 1.29 is 57.3 Å². The lowest BCUT2D eigenvalue weighted by molar-refractivity contribution is -0.670. The molecule has 8 rings (SSSR count). The molecule has 0 bridgehead atoms. The van der Waals surface area contributed by atoms with Crippen LogP contribution >= 0.6 is 35.3 Å². The summed E-state index contributed by atoms with van der Waals surface area (Å²) in [7, 11) is 0. The van der Waals surface area contributed by atoms with Gasteiger partial charge in [-0.15, -0.1) is 0 Å². The van der Waals surface area contributed by atoms with Gasteiger partial charge in [0, 0.05) is 90.8 Å². The van der Waals surface area contributed by atoms with Crippen LogP contribution in [0.4, 0.5) is 15.3 Å². The molecule has 14 nitrogen and oxygen atoms in total. The van der Waals surface area contributed by atoms with E-state index in [1.54, 1.807) is 11.8 Å². The van der Waals surface area contributed by atoms with Crippen LogP contribution in [0.15, 0.2) is 70.7 Å². The molecule has 5 aliphatic rings. The van der Waals surface area contributed by atoms with Crippen LogP contribution in [0.25, 0.3) is 17.0 Å². The van der Waals surface area contributed by atoms with Crippen molar-refractivity contribution in [2.45, 2.75) is 136 Å². The van der Waals surface area contributed by atoms with E-state index in [4.69, 9.17) is 0 Å². The molecule has 5 aliphatic heterocycles. The predicted octanol–water partition coefficient (Wildman–Crippen LogP) is 3.20. The molecule has 6 unspecified atom stereocenters. The molecule has 360 valence electrons. The number of Topliss-reactive ketones (excluding diaryl/α,β-unsaturated/α-hetero) is 2. The van der Waals surface area contributed by atoms with E-state index in [0.717, 1.165) is 82.1 Å². The van der Waals surface area contributed by atoms with Crippen LogP contribution in [0.3, 0.4) is 0 Å². The van der Waals surface area contributed by atoms with E-state index in [2.05, 4.69) is 77.8 Å². The first-order valence-corrected chi connectivity index (χ1v) is 26.7. The van der Waals surface area contributed by atoms with Gasteiger partial charge in [0.05, 0.1) is 46.7 Å². The second kappa shape index (κ2) is 25.0. The molecule has 18 heteroatoms. The zero-order valence-corrected chi connectivity index (χ0v) is 42.5. The molecule has 6 N–H and O–H groups in total. The standard InChI is InChI=1S/C49H62N8O6S3.HI/c58-33(11-9-24-50-43(60)19-7-5-17-41-46-36(30-64-41)52-48(62)54-46)22-27-56-26-21-32(35-13-1-2-14-38(35)56)29-45-57(39-15-3-4-16-40(39)66-45)28-23-34(59)12-10-25-51-44(61)20-8-6-18-42-47-37(31-65-42)53-49(63)55-47;/h1-4,13-16,21,26,29,36-37,41-42,46-47H,5-12,17-20,22-25,27-28,30-31H2,(H5-,50,51,52,53,54,55,60,61,62,63);1H. The van der Waals surface area contributed by atoms with E-state index in [1.807, 2.05) is 54.0 Å². The summed E-state index contributed by atoms with van der Waals surface area (Å²) in [6.45, 7) is 2.09. The van der Waals surface area contributed by atoms with Gasteiger partial charge >= 0.3 is 12.1 Å². The van der Waals surface area contributed by atoms with Crippen LogP contribution in [-0.4, -0.2) is 101 Å². The number of para-hydroxylation sites is 2. The Morgan fingerprint density at radius 3 is 1.90 bits per heavy atom. The summed E-state index contributed by atoms with van der Waals surface area (Å²) in [5.41, 5.74) is 3.18. The van der Waals surface area contributed by atoms with E-state index < -0.39 is 0 Å². The number of rotatable bonds is 25. The molecule has 1 aromatic heterocycles. The van der Waals surface area contributed by atoms with Gasteiger partial charge in [-0.05, 0) is 68.4 Å². The van der Waals surface area contributed by atoms with E-state index in [0.29, 0.717) is 88.0 Å². The van der Waals surface area contributed by atoms with Crippen molar-refractivity contribution in [1.82, 2.24) is 31.9 Å². The van der Waals surface area contributed by atoms with Gasteiger partial charge in [-0.2, -0.15) is 28.1 Å². The number of unbranched alkanes of at least 4 members (excludes halogenated alkanes) is 2. The van der Waals surface area contributed by atoms with Crippen molar-refractivity contribution in [3.8, 4) is 0 Å². The Balaban J connectivity index is 0.00000666. The molecule has 0 aliphatic carbocycles. The summed E-state index contributed by atoms with van der Waals surface area (Å²) in [6, 6.07) is 19.3. The number of thioether (sulfide) groups is 3. The second-order valence-electron chi connectivity index (χ2n) is 17.9. The summed E-state index contributed by atoms with van der Waals surface area (Å²) in [4.78, 5) is 77.7. The van der Waals surface area contributed by atoms with Gasteiger partial charge in [0.25, 0.3) is 0 Å². The molecule has 3 aromatic rings. The number of anilines is 1. The molecule has 67 heavy (non-hydrogen) atoms. The molecule has 0 spiro atoms. The highest BCUT2D eigenvalue weighted by molar-refractivity contribution is 8.04. The first-order chi connectivity index (χ1) is 32.2. The Morgan fingerprint density at radius 1 is 0.672 bits per heavy atom. The second-order valence-corrected chi connectivity index (χ2v) is 21.5. The van der Waals surface area contributed by atoms with E-state index >= 15 is 0 Å². The normalized spacial score (nSPS) is 22.9. The first-order valence-electron chi connectivity index (χ1n) is 23.8. The van der Waals surface area contributed by atoms with Crippen molar-refractivity contribution in [3.63, 3.8) is 0 Å². The minimum Gasteiger partial charge on any atom is -1.00 e. The molecule has 6 heterocycles. The van der Waals surface area contributed by atoms with Crippen LogP contribution in [0.1, 0.15) is 95.5 Å². The van der Waals surface area contributed by atoms with Crippen molar-refractivity contribution >= 4 is 93.4 Å². The number of urea groups is 2. The van der Waals surface area contributed by atoms with Gasteiger partial charge in [0.1, 0.15) is 11.6 Å². The number of amides is 6. The maximum atomic E-state index is 13.1. The van der Waals surface area contributed by atoms with Crippen molar-refractivity contribution in [1.29, 1.82) is 0 Å². The lowest BCUT2D eigenvalue weighted by Gasteiger charge is -2.20. The minimum atomic E-state index is -0.0737. The third-order valence-electron chi connectivity index (χ3n) is 13.2. The molecule has 0 radical (unpaired) electrons. The third-order valence-corrected chi connectivity index (χ3v) is 17.3. The highest BCUT2D eigenvalue weighted by atomic mass is 127. The Labute approximate surface area is 423 Å². The number of halogens is 1. The number of fused-ring (bicyclic) bond motifs is 4. The van der Waals surface area contributed by atoms with Crippen molar-refractivity contribution in [2.75, 3.05) is 36.0 Å². The highest BCUT2D eigenvalue weighted by Crippen LogP contribution is 2.47. The van der Waals surface area contributed by atoms with E-state index in [1.165, 1.54) is 0 Å². The number of pyridine rings is 1. The zero-order chi connectivity index (χ0) is 45.8. The maximum absolute atomic E-state index is 13.1. The topological polar surface area (TPSA) is 182 Å². The number of carbonyl (C=O) groups is 6. The van der Waals surface area contributed by atoms with Crippen molar-refractivity contribution in [2.24, 2.45) is 0 Å². The van der Waals surface area contributed by atoms with Gasteiger partial charge in [-0.1, -0.05) is 48.9 Å². The molecule has 6 atom stereocenters. The fourth-order valence-corrected chi connectivity index (χ4v) is 13.9. The molecule has 4 saturated heterocycles. The molecule has 2 aromatic carbocycles. The fourth-order valence-electron chi connectivity index (χ4n) is 9.64. The molecular weight excluding hydrogens is 1020 g/mol. The zero-order valence-electron chi connectivity index (χ0n) is 37.9. The van der Waals surface area contributed by atoms with Crippen LogP contribution in [-0.2, 0) is 25.7 Å². The summed E-state index contributed by atoms with van der Waals surface area (Å²) < 4.78 is 2.13. The Bertz CT molecular complexity index is 2300. The number of nitrogens with one attached hydrogen (secondary N) is 6. The predicted molar refractivity (Wildman–Crippen MR) is 263 cm³/mol. The van der Waals surface area contributed by atoms with Crippen LogP contribution in [0.5, 0.6) is 0 Å². The third kappa shape index (κ3) is 13.8. The SMILES string of the molecule is O=C(CCCNC(=O)CCCCC1SCC2NC(=O)NC21)CCN1C(=Cc2cc[n+](CCC(=O)CCCNC(=O)CCCCC3SCC4NC(=O)NC43)c3ccccc23)Sc2ccccc21.[I-]. The quantitative estimate of drug-likeness (QED) is 0.0320. The number of aromatic nitrogens is 1. The number of aryl methyl sites for hydroxylation is 1. The fraction of sp³-hybridized carbons (Fsp3) is 0.531. The number of nitrogens with zero attached hydrogens (tertiary/aromatic N) is 2. The van der Waals surface area contributed by atoms with Gasteiger partial charge in [0.2, 0.25) is 17.3 Å². The summed E-state index contributed by atoms with van der Waals surface area (Å²) in [6.07, 6.45) is 13.5. The number of ketones is 2.